The molecule has 0 amide bonds. The van der Waals surface area contributed by atoms with E-state index in [4.69, 9.17) is 21.4 Å². The lowest BCUT2D eigenvalue weighted by atomic mass is 10.1. The van der Waals surface area contributed by atoms with Gasteiger partial charge >= 0.3 is 0 Å². The minimum Gasteiger partial charge on any atom is -0.394 e. The van der Waals surface area contributed by atoms with Gasteiger partial charge < -0.3 is 19.9 Å². The highest BCUT2D eigenvalue weighted by Crippen LogP contribution is 2.32. The van der Waals surface area contributed by atoms with Gasteiger partial charge in [0.1, 0.15) is 29.9 Å². The van der Waals surface area contributed by atoms with E-state index < -0.39 is 18.3 Å². The molecule has 3 N–H and O–H groups in total. The van der Waals surface area contributed by atoms with E-state index in [2.05, 4.69) is 19.9 Å². The maximum atomic E-state index is 9.67. The van der Waals surface area contributed by atoms with Crippen molar-refractivity contribution in [2.24, 2.45) is 0 Å². The Kier molecular flexibility index (Phi) is 2.90. The minimum atomic E-state index is -0.699. The number of nitrogens with zero attached hydrogens (tertiary/aromatic N) is 3. The van der Waals surface area contributed by atoms with Crippen LogP contribution in [0.2, 0.25) is 5.15 Å². The molecule has 3 atom stereocenters. The van der Waals surface area contributed by atoms with Crippen molar-refractivity contribution in [2.45, 2.75) is 24.7 Å². The van der Waals surface area contributed by atoms with E-state index in [-0.39, 0.29) is 11.8 Å². The molecule has 18 heavy (non-hydrogen) atoms. The fourth-order valence-corrected chi connectivity index (χ4v) is 2.21. The third-order valence-corrected chi connectivity index (χ3v) is 3.26. The first-order valence-corrected chi connectivity index (χ1v) is 5.87. The molecule has 0 spiro atoms. The van der Waals surface area contributed by atoms with Gasteiger partial charge in [-0.15, -0.1) is 0 Å². The van der Waals surface area contributed by atoms with Gasteiger partial charge in [0.2, 0.25) is 0 Å². The lowest BCUT2D eigenvalue weighted by molar-refractivity contribution is -0.0244. The molecule has 1 aliphatic rings. The Morgan fingerprint density at radius 2 is 2.33 bits per heavy atom. The zero-order chi connectivity index (χ0) is 12.7. The number of aliphatic hydroxyl groups is 2. The van der Waals surface area contributed by atoms with Crippen molar-refractivity contribution in [1.82, 2.24) is 19.9 Å². The van der Waals surface area contributed by atoms with Crippen molar-refractivity contribution in [3.8, 4) is 0 Å². The summed E-state index contributed by atoms with van der Waals surface area (Å²) in [6, 6.07) is 0. The smallest absolute Gasteiger partial charge is 0.182 e. The van der Waals surface area contributed by atoms with E-state index in [0.29, 0.717) is 23.4 Å². The molecule has 8 heteroatoms. The molecule has 2 aromatic rings. The van der Waals surface area contributed by atoms with Gasteiger partial charge in [0, 0.05) is 6.42 Å². The van der Waals surface area contributed by atoms with Crippen LogP contribution in [-0.4, -0.2) is 49.0 Å². The second kappa shape index (κ2) is 4.43. The molecule has 1 fully saturated rings. The average molecular weight is 271 g/mol. The van der Waals surface area contributed by atoms with Gasteiger partial charge in [-0.1, -0.05) is 11.6 Å². The van der Waals surface area contributed by atoms with Crippen LogP contribution in [0, 0.1) is 0 Å². The number of aromatic nitrogens is 4. The van der Waals surface area contributed by atoms with Gasteiger partial charge in [0.15, 0.2) is 10.8 Å². The van der Waals surface area contributed by atoms with E-state index in [1.54, 1.807) is 0 Å². The Labute approximate surface area is 107 Å². The normalized spacial score (nSPS) is 28.1. The number of aliphatic hydroxyl groups excluding tert-OH is 2. The van der Waals surface area contributed by atoms with Crippen LogP contribution in [-0.2, 0) is 4.74 Å². The zero-order valence-electron chi connectivity index (χ0n) is 9.25. The summed E-state index contributed by atoms with van der Waals surface area (Å²) in [6.45, 7) is -0.224. The molecule has 0 radical (unpaired) electrons. The average Bonchev–Trinajstić information content (AvgIpc) is 2.93. The van der Waals surface area contributed by atoms with E-state index in [1.165, 1.54) is 6.33 Å². The number of H-pyrrole nitrogens is 1. The van der Waals surface area contributed by atoms with Crippen molar-refractivity contribution in [3.63, 3.8) is 0 Å². The number of aromatic amines is 1. The standard InChI is InChI=1S/C10H11ClN4O3/c11-8-7-10(13-3-12-8)15-9(14-7)5-1-4(17)6(2-16)18-5/h3-6,16-17H,1-2H2,(H,12,13,14,15)/t4-,5+,6+/m0/s1. The monoisotopic (exact) mass is 270 g/mol. The first-order valence-electron chi connectivity index (χ1n) is 5.49. The second-order valence-electron chi connectivity index (χ2n) is 4.13. The minimum absolute atomic E-state index is 0.224. The van der Waals surface area contributed by atoms with Gasteiger partial charge in [-0.05, 0) is 0 Å². The Bertz CT molecular complexity index is 575. The highest BCUT2D eigenvalue weighted by atomic mass is 35.5. The Morgan fingerprint density at radius 3 is 3.00 bits per heavy atom. The van der Waals surface area contributed by atoms with Crippen LogP contribution in [0.15, 0.2) is 6.33 Å². The first-order chi connectivity index (χ1) is 8.69. The molecule has 1 aliphatic heterocycles. The van der Waals surface area contributed by atoms with Gasteiger partial charge in [0.05, 0.1) is 12.7 Å². The van der Waals surface area contributed by atoms with Crippen LogP contribution in [0.4, 0.5) is 0 Å². The molecule has 0 aliphatic carbocycles. The SMILES string of the molecule is OC[C@H]1O[C@@H](c2nc3ncnc(Cl)c3[nH]2)C[C@@H]1O. The second-order valence-corrected chi connectivity index (χ2v) is 4.49. The largest absolute Gasteiger partial charge is 0.394 e. The fraction of sp³-hybridized carbons (Fsp3) is 0.500. The molecule has 7 nitrogen and oxygen atoms in total. The molecule has 0 aromatic carbocycles. The molecule has 3 heterocycles. The van der Waals surface area contributed by atoms with Crippen molar-refractivity contribution in [2.75, 3.05) is 6.61 Å². The summed E-state index contributed by atoms with van der Waals surface area (Å²) in [4.78, 5) is 15.1. The van der Waals surface area contributed by atoms with Crippen molar-refractivity contribution >= 4 is 22.8 Å². The summed E-state index contributed by atoms with van der Waals surface area (Å²) in [7, 11) is 0. The summed E-state index contributed by atoms with van der Waals surface area (Å²) >= 11 is 5.91. The maximum Gasteiger partial charge on any atom is 0.182 e. The number of imidazole rings is 1. The molecule has 96 valence electrons. The number of ether oxygens (including phenoxy) is 1. The van der Waals surface area contributed by atoms with Crippen molar-refractivity contribution in [1.29, 1.82) is 0 Å². The zero-order valence-corrected chi connectivity index (χ0v) is 10.0. The molecular formula is C10H11ClN4O3. The molecule has 3 rings (SSSR count). The lowest BCUT2D eigenvalue weighted by Gasteiger charge is -2.09. The van der Waals surface area contributed by atoms with Crippen LogP contribution in [0.3, 0.4) is 0 Å². The summed E-state index contributed by atoms with van der Waals surface area (Å²) in [6.07, 6.45) is 0.0219. The van der Waals surface area contributed by atoms with Crippen LogP contribution < -0.4 is 0 Å². The van der Waals surface area contributed by atoms with Crippen LogP contribution in [0.1, 0.15) is 18.3 Å². The highest BCUT2D eigenvalue weighted by molar-refractivity contribution is 6.33. The molecule has 2 aromatic heterocycles. The van der Waals surface area contributed by atoms with E-state index >= 15 is 0 Å². The Morgan fingerprint density at radius 1 is 1.50 bits per heavy atom. The van der Waals surface area contributed by atoms with Gasteiger partial charge in [-0.25, -0.2) is 15.0 Å². The van der Waals surface area contributed by atoms with E-state index in [0.717, 1.165) is 0 Å². The van der Waals surface area contributed by atoms with Crippen LogP contribution in [0.25, 0.3) is 11.2 Å². The number of hydrogen-bond donors (Lipinski definition) is 3. The topological polar surface area (TPSA) is 104 Å². The summed E-state index contributed by atoms with van der Waals surface area (Å²) in [5.74, 6) is 0.530. The Balaban J connectivity index is 1.94. The summed E-state index contributed by atoms with van der Waals surface area (Å²) in [5, 5.41) is 19.0. The quantitative estimate of drug-likeness (QED) is 0.673. The van der Waals surface area contributed by atoms with Gasteiger partial charge in [-0.2, -0.15) is 0 Å². The van der Waals surface area contributed by atoms with Gasteiger partial charge in [-0.3, -0.25) is 0 Å². The van der Waals surface area contributed by atoms with Crippen LogP contribution >= 0.6 is 11.6 Å². The van der Waals surface area contributed by atoms with E-state index in [1.807, 2.05) is 0 Å². The number of nitrogens with one attached hydrogen (secondary N) is 1. The molecule has 0 unspecified atom stereocenters. The van der Waals surface area contributed by atoms with Crippen molar-refractivity contribution in [3.05, 3.63) is 17.3 Å². The van der Waals surface area contributed by atoms with Gasteiger partial charge in [0.25, 0.3) is 0 Å². The van der Waals surface area contributed by atoms with E-state index in [9.17, 15) is 5.11 Å². The third kappa shape index (κ3) is 1.85. The highest BCUT2D eigenvalue weighted by Gasteiger charge is 2.36. The molecule has 0 bridgehead atoms. The molecule has 0 saturated carbocycles. The third-order valence-electron chi connectivity index (χ3n) is 2.97. The lowest BCUT2D eigenvalue weighted by Crippen LogP contribution is -2.24. The predicted octanol–water partition coefficient (Wildman–Crippen LogP) is 0.190. The summed E-state index contributed by atoms with van der Waals surface area (Å²) < 4.78 is 5.49. The predicted molar refractivity (Wildman–Crippen MR) is 62.0 cm³/mol. The number of fused-ring (bicyclic) bond motifs is 1. The molecular weight excluding hydrogens is 260 g/mol. The Hall–Kier alpha value is -1.28. The van der Waals surface area contributed by atoms with Crippen molar-refractivity contribution < 1.29 is 14.9 Å². The first kappa shape index (κ1) is 11.8. The molecule has 1 saturated heterocycles. The number of hydrogen-bond acceptors (Lipinski definition) is 6. The maximum absolute atomic E-state index is 9.67. The summed E-state index contributed by atoms with van der Waals surface area (Å²) in [5.41, 5.74) is 0.996. The number of halogens is 1. The number of rotatable bonds is 2. The fourth-order valence-electron chi connectivity index (χ4n) is 2.04. The van der Waals surface area contributed by atoms with Crippen LogP contribution in [0.5, 0.6) is 0 Å².